The minimum Gasteiger partial charge on any atom is -0.477 e. The summed E-state index contributed by atoms with van der Waals surface area (Å²) in [5.74, 6) is -0.616. The Labute approximate surface area is 116 Å². The Morgan fingerprint density at radius 3 is 2.68 bits per heavy atom. The smallest absolute Gasteiger partial charge is 0.345 e. The lowest BCUT2D eigenvalue weighted by Crippen LogP contribution is -2.33. The zero-order chi connectivity index (χ0) is 14.0. The number of sulfonamides is 1. The van der Waals surface area contributed by atoms with Crippen LogP contribution in [0.3, 0.4) is 0 Å². The Morgan fingerprint density at radius 2 is 2.21 bits per heavy atom. The molecule has 19 heavy (non-hydrogen) atoms. The third-order valence-corrected chi connectivity index (χ3v) is 5.97. The van der Waals surface area contributed by atoms with E-state index in [0.717, 1.165) is 30.6 Å². The molecule has 7 heteroatoms. The van der Waals surface area contributed by atoms with Crippen molar-refractivity contribution in [3.8, 4) is 0 Å². The van der Waals surface area contributed by atoms with Gasteiger partial charge in [-0.25, -0.2) is 13.2 Å². The van der Waals surface area contributed by atoms with Gasteiger partial charge in [0.25, 0.3) is 0 Å². The molecule has 0 atom stereocenters. The van der Waals surface area contributed by atoms with Crippen molar-refractivity contribution in [2.45, 2.75) is 31.1 Å². The van der Waals surface area contributed by atoms with Gasteiger partial charge in [0.2, 0.25) is 10.0 Å². The van der Waals surface area contributed by atoms with Crippen LogP contribution in [0, 0.1) is 5.92 Å². The fraction of sp³-hybridized carbons (Fsp3) is 0.583. The first-order valence-electron chi connectivity index (χ1n) is 6.27. The molecule has 1 saturated carbocycles. The Balaban J connectivity index is 2.23. The van der Waals surface area contributed by atoms with Gasteiger partial charge in [0.1, 0.15) is 4.88 Å². The average molecular weight is 303 g/mol. The van der Waals surface area contributed by atoms with Crippen LogP contribution in [-0.4, -0.2) is 36.9 Å². The topological polar surface area (TPSA) is 74.7 Å². The van der Waals surface area contributed by atoms with Gasteiger partial charge in [-0.2, -0.15) is 4.31 Å². The van der Waals surface area contributed by atoms with Crippen molar-refractivity contribution in [2.75, 3.05) is 13.1 Å². The highest BCUT2D eigenvalue weighted by Gasteiger charge is 2.32. The molecule has 2 rings (SSSR count). The summed E-state index contributed by atoms with van der Waals surface area (Å²) in [5.41, 5.74) is 0. The van der Waals surface area contributed by atoms with Crippen LogP contribution in [0.25, 0.3) is 0 Å². The fourth-order valence-corrected chi connectivity index (χ4v) is 4.57. The number of nitrogens with zero attached hydrogens (tertiary/aromatic N) is 1. The molecule has 0 aromatic carbocycles. The molecule has 1 heterocycles. The Morgan fingerprint density at radius 1 is 1.53 bits per heavy atom. The SMILES string of the molecule is CCCN(CC1CC1)S(=O)(=O)c1csc(C(=O)O)c1. The Hall–Kier alpha value is -0.920. The van der Waals surface area contributed by atoms with E-state index in [-0.39, 0.29) is 9.77 Å². The van der Waals surface area contributed by atoms with E-state index in [1.165, 1.54) is 15.8 Å². The van der Waals surface area contributed by atoms with Crippen molar-refractivity contribution in [1.29, 1.82) is 0 Å². The molecule has 0 spiro atoms. The molecule has 5 nitrogen and oxygen atoms in total. The van der Waals surface area contributed by atoms with E-state index >= 15 is 0 Å². The normalized spacial score (nSPS) is 15.9. The van der Waals surface area contributed by atoms with Crippen LogP contribution in [0.5, 0.6) is 0 Å². The first-order chi connectivity index (χ1) is 8.95. The number of carbonyl (C=O) groups is 1. The first kappa shape index (κ1) is 14.5. The molecule has 1 fully saturated rings. The van der Waals surface area contributed by atoms with Crippen molar-refractivity contribution < 1.29 is 18.3 Å². The van der Waals surface area contributed by atoms with Gasteiger partial charge in [-0.15, -0.1) is 11.3 Å². The summed E-state index contributed by atoms with van der Waals surface area (Å²) >= 11 is 0.949. The molecule has 0 bridgehead atoms. The van der Waals surface area contributed by atoms with Gasteiger partial charge in [0, 0.05) is 18.5 Å². The molecule has 0 amide bonds. The van der Waals surface area contributed by atoms with E-state index in [1.807, 2.05) is 6.92 Å². The molecule has 1 aromatic heterocycles. The van der Waals surface area contributed by atoms with Crippen LogP contribution >= 0.6 is 11.3 Å². The molecule has 0 saturated heterocycles. The highest BCUT2D eigenvalue weighted by Crippen LogP contribution is 2.32. The molecular weight excluding hydrogens is 286 g/mol. The lowest BCUT2D eigenvalue weighted by Gasteiger charge is -2.20. The van der Waals surface area contributed by atoms with Gasteiger partial charge in [-0.05, 0) is 31.2 Å². The number of rotatable bonds is 7. The zero-order valence-electron chi connectivity index (χ0n) is 10.7. The van der Waals surface area contributed by atoms with Crippen molar-refractivity contribution >= 4 is 27.3 Å². The Kier molecular flexibility index (Phi) is 4.27. The number of thiophene rings is 1. The summed E-state index contributed by atoms with van der Waals surface area (Å²) in [4.78, 5) is 11.0. The fourth-order valence-electron chi connectivity index (χ4n) is 1.86. The van der Waals surface area contributed by atoms with Crippen LogP contribution in [0.1, 0.15) is 35.9 Å². The third-order valence-electron chi connectivity index (χ3n) is 3.06. The molecule has 1 aromatic rings. The van der Waals surface area contributed by atoms with E-state index < -0.39 is 16.0 Å². The van der Waals surface area contributed by atoms with Gasteiger partial charge in [-0.3, -0.25) is 0 Å². The Bertz CT molecular complexity index is 560. The van der Waals surface area contributed by atoms with E-state index in [2.05, 4.69) is 0 Å². The second kappa shape index (κ2) is 5.60. The second-order valence-electron chi connectivity index (χ2n) is 4.76. The van der Waals surface area contributed by atoms with Gasteiger partial charge in [0.15, 0.2) is 0 Å². The van der Waals surface area contributed by atoms with E-state index in [0.29, 0.717) is 19.0 Å². The quantitative estimate of drug-likeness (QED) is 0.838. The van der Waals surface area contributed by atoms with E-state index in [9.17, 15) is 13.2 Å². The minimum atomic E-state index is -3.55. The molecule has 0 unspecified atom stereocenters. The zero-order valence-corrected chi connectivity index (χ0v) is 12.3. The van der Waals surface area contributed by atoms with E-state index in [1.54, 1.807) is 0 Å². The second-order valence-corrected chi connectivity index (χ2v) is 7.61. The molecule has 1 N–H and O–H groups in total. The molecule has 1 aliphatic rings. The van der Waals surface area contributed by atoms with Crippen LogP contribution < -0.4 is 0 Å². The van der Waals surface area contributed by atoms with Crippen LogP contribution in [0.2, 0.25) is 0 Å². The van der Waals surface area contributed by atoms with Crippen molar-refractivity contribution in [1.82, 2.24) is 4.31 Å². The third kappa shape index (κ3) is 3.34. The number of hydrogen-bond acceptors (Lipinski definition) is 4. The van der Waals surface area contributed by atoms with Gasteiger partial charge >= 0.3 is 5.97 Å². The van der Waals surface area contributed by atoms with Gasteiger partial charge < -0.3 is 5.11 Å². The maximum absolute atomic E-state index is 12.5. The summed E-state index contributed by atoms with van der Waals surface area (Å²) in [6.07, 6.45) is 2.92. The molecule has 106 valence electrons. The van der Waals surface area contributed by atoms with Crippen LogP contribution in [-0.2, 0) is 10.0 Å². The maximum Gasteiger partial charge on any atom is 0.345 e. The summed E-state index contributed by atoms with van der Waals surface area (Å²) < 4.78 is 26.4. The predicted octanol–water partition coefficient (Wildman–Crippen LogP) is 2.26. The lowest BCUT2D eigenvalue weighted by atomic mass is 10.4. The monoisotopic (exact) mass is 303 g/mol. The standard InChI is InChI=1S/C12H17NO4S2/c1-2-5-13(7-9-3-4-9)19(16,17)10-6-11(12(14)15)18-8-10/h6,8-9H,2-5,7H2,1H3,(H,14,15). The number of aromatic carboxylic acids is 1. The largest absolute Gasteiger partial charge is 0.477 e. The molecule has 1 aliphatic carbocycles. The first-order valence-corrected chi connectivity index (χ1v) is 8.59. The summed E-state index contributed by atoms with van der Waals surface area (Å²) in [7, 11) is -3.55. The number of carboxylic acids is 1. The van der Waals surface area contributed by atoms with Crippen molar-refractivity contribution in [2.24, 2.45) is 5.92 Å². The maximum atomic E-state index is 12.5. The van der Waals surface area contributed by atoms with Crippen molar-refractivity contribution in [3.05, 3.63) is 16.3 Å². The molecule has 0 aliphatic heterocycles. The molecular formula is C12H17NO4S2. The van der Waals surface area contributed by atoms with E-state index in [4.69, 9.17) is 5.11 Å². The highest BCUT2D eigenvalue weighted by atomic mass is 32.2. The van der Waals surface area contributed by atoms with Crippen LogP contribution in [0.15, 0.2) is 16.3 Å². The minimum absolute atomic E-state index is 0.0569. The summed E-state index contributed by atoms with van der Waals surface area (Å²) in [6, 6.07) is 1.25. The summed E-state index contributed by atoms with van der Waals surface area (Å²) in [6.45, 7) is 2.97. The number of hydrogen-bond donors (Lipinski definition) is 1. The predicted molar refractivity (Wildman–Crippen MR) is 73.1 cm³/mol. The van der Waals surface area contributed by atoms with Gasteiger partial charge in [0.05, 0.1) is 4.90 Å². The molecule has 0 radical (unpaired) electrons. The average Bonchev–Trinajstić information content (AvgIpc) is 3.01. The lowest BCUT2D eigenvalue weighted by molar-refractivity contribution is 0.0702. The van der Waals surface area contributed by atoms with Crippen molar-refractivity contribution in [3.63, 3.8) is 0 Å². The highest BCUT2D eigenvalue weighted by molar-refractivity contribution is 7.89. The summed E-state index contributed by atoms with van der Waals surface area (Å²) in [5, 5.41) is 10.3. The van der Waals surface area contributed by atoms with Crippen LogP contribution in [0.4, 0.5) is 0 Å². The number of carboxylic acid groups (broad SMARTS) is 1. The van der Waals surface area contributed by atoms with Gasteiger partial charge in [-0.1, -0.05) is 6.92 Å².